The number of carboxylic acids is 1. The van der Waals surface area contributed by atoms with Gasteiger partial charge in [0.05, 0.1) is 16.8 Å². The molecule has 1 aromatic rings. The summed E-state index contributed by atoms with van der Waals surface area (Å²) in [6, 6.07) is 1.98. The highest BCUT2D eigenvalue weighted by molar-refractivity contribution is 7.14. The molecule has 1 amide bonds. The van der Waals surface area contributed by atoms with E-state index >= 15 is 0 Å². The molecule has 1 atom stereocenters. The Hall–Kier alpha value is -1.36. The number of nitrogens with one attached hydrogen (secondary N) is 1. The number of aryl methyl sites for hydroxylation is 2. The molecule has 5 heteroatoms. The third kappa shape index (κ3) is 3.64. The van der Waals surface area contributed by atoms with Crippen molar-refractivity contribution >= 4 is 23.2 Å². The molecule has 116 valence electrons. The van der Waals surface area contributed by atoms with Crippen LogP contribution in [-0.4, -0.2) is 22.5 Å². The molecule has 1 aliphatic carbocycles. The molecule has 1 unspecified atom stereocenters. The lowest BCUT2D eigenvalue weighted by Gasteiger charge is -2.33. The fourth-order valence-electron chi connectivity index (χ4n) is 2.63. The van der Waals surface area contributed by atoms with Gasteiger partial charge in [0.1, 0.15) is 0 Å². The monoisotopic (exact) mass is 309 g/mol. The maximum Gasteiger partial charge on any atom is 0.305 e. The Morgan fingerprint density at radius 2 is 2.05 bits per heavy atom. The molecule has 0 aromatic carbocycles. The molecular weight excluding hydrogens is 286 g/mol. The molecule has 0 bridgehead atoms. The van der Waals surface area contributed by atoms with Crippen LogP contribution in [-0.2, 0) is 17.6 Å². The fourth-order valence-corrected chi connectivity index (χ4v) is 3.78. The zero-order chi connectivity index (χ0) is 15.6. The minimum Gasteiger partial charge on any atom is -0.481 e. The molecule has 0 aliphatic heterocycles. The molecule has 0 fully saturated rings. The highest BCUT2D eigenvalue weighted by Crippen LogP contribution is 2.30. The van der Waals surface area contributed by atoms with Gasteiger partial charge in [-0.25, -0.2) is 0 Å². The van der Waals surface area contributed by atoms with Crippen molar-refractivity contribution < 1.29 is 14.7 Å². The predicted molar refractivity (Wildman–Crippen MR) is 83.9 cm³/mol. The number of hydrogen-bond acceptors (Lipinski definition) is 3. The largest absolute Gasteiger partial charge is 0.481 e. The number of carbonyl (C=O) groups is 2. The summed E-state index contributed by atoms with van der Waals surface area (Å²) >= 11 is 1.56. The number of carboxylic acid groups (broad SMARTS) is 1. The Bertz CT molecular complexity index is 526. The zero-order valence-corrected chi connectivity index (χ0v) is 13.7. The second-order valence-electron chi connectivity index (χ2n) is 6.36. The first-order valence-corrected chi connectivity index (χ1v) is 8.29. The summed E-state index contributed by atoms with van der Waals surface area (Å²) in [5.41, 5.74) is 0.564. The Kier molecular flexibility index (Phi) is 4.71. The van der Waals surface area contributed by atoms with Crippen molar-refractivity contribution in [2.24, 2.45) is 5.92 Å². The standard InChI is InChI=1S/C16H23NO3S/c1-10(2)16(3,9-14(18)19)17-15(20)13-8-11-6-4-5-7-12(11)21-13/h8,10H,4-7,9H2,1-3H3,(H,17,20)(H,18,19). The Morgan fingerprint density at radius 1 is 1.38 bits per heavy atom. The number of thiophene rings is 1. The first-order valence-electron chi connectivity index (χ1n) is 7.48. The van der Waals surface area contributed by atoms with E-state index in [1.54, 1.807) is 18.3 Å². The molecule has 4 nitrogen and oxygen atoms in total. The number of hydrogen-bond donors (Lipinski definition) is 2. The van der Waals surface area contributed by atoms with Crippen molar-refractivity contribution in [3.8, 4) is 0 Å². The van der Waals surface area contributed by atoms with Crippen LogP contribution in [0.2, 0.25) is 0 Å². The maximum absolute atomic E-state index is 12.5. The van der Waals surface area contributed by atoms with Crippen LogP contribution in [0.4, 0.5) is 0 Å². The van der Waals surface area contributed by atoms with Crippen molar-refractivity contribution in [1.29, 1.82) is 0 Å². The van der Waals surface area contributed by atoms with E-state index < -0.39 is 11.5 Å². The van der Waals surface area contributed by atoms with Crippen molar-refractivity contribution in [3.05, 3.63) is 21.4 Å². The fraction of sp³-hybridized carbons (Fsp3) is 0.625. The molecule has 1 heterocycles. The van der Waals surface area contributed by atoms with Gasteiger partial charge < -0.3 is 10.4 Å². The topological polar surface area (TPSA) is 66.4 Å². The van der Waals surface area contributed by atoms with Crippen LogP contribution in [0.25, 0.3) is 0 Å². The van der Waals surface area contributed by atoms with Crippen LogP contribution in [0.1, 0.15) is 60.1 Å². The van der Waals surface area contributed by atoms with Crippen molar-refractivity contribution in [3.63, 3.8) is 0 Å². The second kappa shape index (κ2) is 6.18. The van der Waals surface area contributed by atoms with Crippen molar-refractivity contribution in [2.75, 3.05) is 0 Å². The van der Waals surface area contributed by atoms with E-state index in [-0.39, 0.29) is 18.2 Å². The summed E-state index contributed by atoms with van der Waals surface area (Å²) in [6.07, 6.45) is 4.42. The van der Waals surface area contributed by atoms with Gasteiger partial charge in [-0.15, -0.1) is 11.3 Å². The van der Waals surface area contributed by atoms with E-state index in [1.807, 2.05) is 19.9 Å². The number of aliphatic carboxylic acids is 1. The molecule has 2 rings (SSSR count). The van der Waals surface area contributed by atoms with Gasteiger partial charge in [0.2, 0.25) is 0 Å². The van der Waals surface area contributed by atoms with Crippen LogP contribution in [0.3, 0.4) is 0 Å². The minimum absolute atomic E-state index is 0.0483. The quantitative estimate of drug-likeness (QED) is 0.877. The Morgan fingerprint density at radius 3 is 2.62 bits per heavy atom. The van der Waals surface area contributed by atoms with E-state index in [0.717, 1.165) is 12.8 Å². The average molecular weight is 309 g/mol. The van der Waals surface area contributed by atoms with Crippen molar-refractivity contribution in [2.45, 2.75) is 58.4 Å². The van der Waals surface area contributed by atoms with Gasteiger partial charge in [-0.3, -0.25) is 9.59 Å². The third-order valence-corrected chi connectivity index (χ3v) is 5.65. The lowest BCUT2D eigenvalue weighted by Crippen LogP contribution is -2.51. The molecule has 2 N–H and O–H groups in total. The smallest absolute Gasteiger partial charge is 0.305 e. The van der Waals surface area contributed by atoms with Crippen LogP contribution >= 0.6 is 11.3 Å². The number of fused-ring (bicyclic) bond motifs is 1. The van der Waals surface area contributed by atoms with Crippen LogP contribution in [0.5, 0.6) is 0 Å². The molecule has 1 aliphatic rings. The summed E-state index contributed by atoms with van der Waals surface area (Å²) < 4.78 is 0. The molecule has 0 saturated carbocycles. The Balaban J connectivity index is 2.15. The van der Waals surface area contributed by atoms with Gasteiger partial charge in [0.25, 0.3) is 5.91 Å². The summed E-state index contributed by atoms with van der Waals surface area (Å²) in [5.74, 6) is -0.990. The van der Waals surface area contributed by atoms with Gasteiger partial charge in [0.15, 0.2) is 0 Å². The highest BCUT2D eigenvalue weighted by Gasteiger charge is 2.33. The lowest BCUT2D eigenvalue weighted by molar-refractivity contribution is -0.138. The van der Waals surface area contributed by atoms with E-state index in [0.29, 0.717) is 4.88 Å². The van der Waals surface area contributed by atoms with Gasteiger partial charge >= 0.3 is 5.97 Å². The normalized spacial score (nSPS) is 17.1. The van der Waals surface area contributed by atoms with Crippen LogP contribution < -0.4 is 5.32 Å². The minimum atomic E-state index is -0.892. The summed E-state index contributed by atoms with van der Waals surface area (Å²) in [6.45, 7) is 5.67. The molecule has 0 saturated heterocycles. The summed E-state index contributed by atoms with van der Waals surface area (Å²) in [4.78, 5) is 25.5. The van der Waals surface area contributed by atoms with E-state index in [2.05, 4.69) is 5.32 Å². The van der Waals surface area contributed by atoms with Crippen LogP contribution in [0.15, 0.2) is 6.07 Å². The van der Waals surface area contributed by atoms with Gasteiger partial charge in [-0.2, -0.15) is 0 Å². The van der Waals surface area contributed by atoms with Gasteiger partial charge in [-0.1, -0.05) is 13.8 Å². The molecule has 0 radical (unpaired) electrons. The van der Waals surface area contributed by atoms with E-state index in [1.165, 1.54) is 23.3 Å². The summed E-state index contributed by atoms with van der Waals surface area (Å²) in [7, 11) is 0. The first kappa shape index (κ1) is 16.0. The number of rotatable bonds is 5. The number of amides is 1. The zero-order valence-electron chi connectivity index (χ0n) is 12.9. The highest BCUT2D eigenvalue weighted by atomic mass is 32.1. The third-order valence-electron chi connectivity index (χ3n) is 4.41. The lowest BCUT2D eigenvalue weighted by atomic mass is 9.85. The molecule has 0 spiro atoms. The molecule has 21 heavy (non-hydrogen) atoms. The second-order valence-corrected chi connectivity index (χ2v) is 7.50. The SMILES string of the molecule is CC(C)C(C)(CC(=O)O)NC(=O)c1cc2c(s1)CCCC2. The first-order chi connectivity index (χ1) is 9.82. The van der Waals surface area contributed by atoms with Crippen LogP contribution in [0, 0.1) is 5.92 Å². The summed E-state index contributed by atoms with van der Waals surface area (Å²) in [5, 5.41) is 12.0. The molecular formula is C16H23NO3S. The average Bonchev–Trinajstić information content (AvgIpc) is 2.81. The van der Waals surface area contributed by atoms with Crippen molar-refractivity contribution in [1.82, 2.24) is 5.32 Å². The van der Waals surface area contributed by atoms with Gasteiger partial charge in [0, 0.05) is 4.88 Å². The van der Waals surface area contributed by atoms with E-state index in [9.17, 15) is 9.59 Å². The Labute approximate surface area is 129 Å². The molecule has 1 aromatic heterocycles. The maximum atomic E-state index is 12.5. The predicted octanol–water partition coefficient (Wildman–Crippen LogP) is 3.25. The van der Waals surface area contributed by atoms with E-state index in [4.69, 9.17) is 5.11 Å². The van der Waals surface area contributed by atoms with Gasteiger partial charge in [-0.05, 0) is 50.2 Å². The number of carbonyl (C=O) groups excluding carboxylic acids is 1.